The molecule has 3 heterocycles. The van der Waals surface area contributed by atoms with Crippen molar-refractivity contribution in [3.63, 3.8) is 0 Å². The number of piperidine rings is 1. The topological polar surface area (TPSA) is 57.2 Å². The number of benzene rings is 1. The first-order valence-electron chi connectivity index (χ1n) is 9.50. The number of ether oxygens (including phenoxy) is 4. The lowest BCUT2D eigenvalue weighted by molar-refractivity contribution is -0.139. The summed E-state index contributed by atoms with van der Waals surface area (Å²) in [5.41, 5.74) is 3.24. The van der Waals surface area contributed by atoms with Gasteiger partial charge in [-0.05, 0) is 43.0 Å². The monoisotopic (exact) mass is 409 g/mol. The summed E-state index contributed by atoms with van der Waals surface area (Å²) in [4.78, 5) is 14.8. The summed E-state index contributed by atoms with van der Waals surface area (Å²) >= 11 is 0. The summed E-state index contributed by atoms with van der Waals surface area (Å²) < 4.78 is 21.8. The fourth-order valence-corrected chi connectivity index (χ4v) is 4.91. The zero-order chi connectivity index (χ0) is 19.1. The Morgan fingerprint density at radius 3 is 2.57 bits per heavy atom. The molecule has 4 unspecified atom stereocenters. The van der Waals surface area contributed by atoms with E-state index < -0.39 is 0 Å². The minimum Gasteiger partial charge on any atom is -0.497 e. The highest BCUT2D eigenvalue weighted by molar-refractivity contribution is 5.89. The zero-order valence-corrected chi connectivity index (χ0v) is 17.6. The van der Waals surface area contributed by atoms with Crippen molar-refractivity contribution in [1.29, 1.82) is 0 Å². The van der Waals surface area contributed by atoms with Gasteiger partial charge in [-0.2, -0.15) is 0 Å². The van der Waals surface area contributed by atoms with E-state index in [1.54, 1.807) is 20.5 Å². The predicted octanol–water partition coefficient (Wildman–Crippen LogP) is 3.14. The first-order valence-corrected chi connectivity index (χ1v) is 9.50. The molecule has 7 heteroatoms. The Labute approximate surface area is 172 Å². The molecule has 4 rings (SSSR count). The summed E-state index contributed by atoms with van der Waals surface area (Å²) in [6.45, 7) is 4.01. The van der Waals surface area contributed by atoms with E-state index in [1.807, 2.05) is 0 Å². The smallest absolute Gasteiger partial charge is 0.337 e. The molecule has 1 aromatic rings. The number of hydrogen-bond acceptors (Lipinski definition) is 6. The van der Waals surface area contributed by atoms with Crippen molar-refractivity contribution in [2.75, 3.05) is 34.4 Å². The molecule has 1 fully saturated rings. The van der Waals surface area contributed by atoms with Gasteiger partial charge in [-0.15, -0.1) is 12.4 Å². The maximum atomic E-state index is 12.3. The summed E-state index contributed by atoms with van der Waals surface area (Å²) in [5.74, 6) is 1.68. The largest absolute Gasteiger partial charge is 0.497 e. The fraction of sp³-hybridized carbons (Fsp3) is 0.571. The van der Waals surface area contributed by atoms with E-state index >= 15 is 0 Å². The first kappa shape index (κ1) is 20.8. The van der Waals surface area contributed by atoms with Crippen molar-refractivity contribution in [3.05, 3.63) is 35.1 Å². The number of nitrogens with zero attached hydrogens (tertiary/aromatic N) is 1. The van der Waals surface area contributed by atoms with Crippen LogP contribution in [0.4, 0.5) is 0 Å². The van der Waals surface area contributed by atoms with Crippen molar-refractivity contribution >= 4 is 18.4 Å². The molecule has 0 bridgehead atoms. The standard InChI is InChI=1S/C21H27NO5.ClH/c1-12-16-10-22-6-5-13-7-19(24-2)20(25-3)9-14(13)18(22)8-15(16)17(11-27-12)21(23)26-4;/h7,9,11-12,15-16,18H,5-6,8,10H2,1-4H3;1H. The Bertz CT molecular complexity index is 780. The Morgan fingerprint density at radius 2 is 1.89 bits per heavy atom. The molecule has 28 heavy (non-hydrogen) atoms. The van der Waals surface area contributed by atoms with Crippen molar-refractivity contribution in [3.8, 4) is 11.5 Å². The van der Waals surface area contributed by atoms with Crippen LogP contribution < -0.4 is 9.47 Å². The van der Waals surface area contributed by atoms with E-state index in [-0.39, 0.29) is 36.4 Å². The van der Waals surface area contributed by atoms with Crippen LogP contribution in [-0.4, -0.2) is 51.4 Å². The van der Waals surface area contributed by atoms with E-state index in [0.717, 1.165) is 37.4 Å². The number of carbonyl (C=O) groups is 1. The third kappa shape index (κ3) is 3.33. The number of fused-ring (bicyclic) bond motifs is 4. The third-order valence-corrected chi connectivity index (χ3v) is 6.39. The molecule has 3 aliphatic rings. The van der Waals surface area contributed by atoms with Crippen LogP contribution in [0.2, 0.25) is 0 Å². The molecule has 0 aliphatic carbocycles. The van der Waals surface area contributed by atoms with Gasteiger partial charge >= 0.3 is 5.97 Å². The SMILES string of the molecule is COC(=O)C1=COC(C)C2CN3CCc4cc(OC)c(OC)cc4C3CC12.Cl. The highest BCUT2D eigenvalue weighted by atomic mass is 35.5. The molecule has 1 saturated heterocycles. The van der Waals surface area contributed by atoms with Gasteiger partial charge in [0.25, 0.3) is 0 Å². The van der Waals surface area contributed by atoms with Crippen LogP contribution in [0.25, 0.3) is 0 Å². The van der Waals surface area contributed by atoms with E-state index in [1.165, 1.54) is 18.2 Å². The minimum atomic E-state index is -0.284. The lowest BCUT2D eigenvalue weighted by atomic mass is 9.71. The van der Waals surface area contributed by atoms with Crippen LogP contribution in [0, 0.1) is 11.8 Å². The van der Waals surface area contributed by atoms with E-state index in [2.05, 4.69) is 24.0 Å². The number of esters is 1. The van der Waals surface area contributed by atoms with Gasteiger partial charge in [-0.3, -0.25) is 4.90 Å². The van der Waals surface area contributed by atoms with Gasteiger partial charge in [0.15, 0.2) is 11.5 Å². The molecule has 0 saturated carbocycles. The number of carbonyl (C=O) groups excluding carboxylic acids is 1. The maximum Gasteiger partial charge on any atom is 0.337 e. The molecule has 4 atom stereocenters. The van der Waals surface area contributed by atoms with Gasteiger partial charge in [-0.25, -0.2) is 4.79 Å². The number of methoxy groups -OCH3 is 3. The normalized spacial score (nSPS) is 28.4. The molecule has 0 radical (unpaired) electrons. The van der Waals surface area contributed by atoms with Crippen molar-refractivity contribution in [2.24, 2.45) is 11.8 Å². The molecule has 1 aromatic carbocycles. The molecule has 0 aromatic heterocycles. The minimum absolute atomic E-state index is 0. The van der Waals surface area contributed by atoms with Gasteiger partial charge in [0.05, 0.1) is 39.3 Å². The average molecular weight is 410 g/mol. The summed E-state index contributed by atoms with van der Waals surface area (Å²) in [5, 5.41) is 0. The number of halogens is 1. The van der Waals surface area contributed by atoms with Crippen LogP contribution in [0.1, 0.15) is 30.5 Å². The average Bonchev–Trinajstić information content (AvgIpc) is 2.71. The lowest BCUT2D eigenvalue weighted by Crippen LogP contribution is -2.51. The second kappa shape index (κ2) is 8.21. The Hall–Kier alpha value is -1.92. The highest BCUT2D eigenvalue weighted by Crippen LogP contribution is 2.48. The van der Waals surface area contributed by atoms with Gasteiger partial charge in [-0.1, -0.05) is 0 Å². The van der Waals surface area contributed by atoms with Crippen molar-refractivity contribution < 1.29 is 23.7 Å². The quantitative estimate of drug-likeness (QED) is 0.715. The predicted molar refractivity (Wildman–Crippen MR) is 107 cm³/mol. The summed E-state index contributed by atoms with van der Waals surface area (Å²) in [6, 6.07) is 4.46. The van der Waals surface area contributed by atoms with Gasteiger partial charge in [0.1, 0.15) is 0 Å². The summed E-state index contributed by atoms with van der Waals surface area (Å²) in [7, 11) is 4.76. The van der Waals surface area contributed by atoms with Crippen LogP contribution in [0.3, 0.4) is 0 Å². The van der Waals surface area contributed by atoms with Crippen LogP contribution in [0.5, 0.6) is 11.5 Å². The lowest BCUT2D eigenvalue weighted by Gasteiger charge is -2.50. The van der Waals surface area contributed by atoms with Crippen LogP contribution in [0.15, 0.2) is 24.0 Å². The van der Waals surface area contributed by atoms with E-state index in [0.29, 0.717) is 11.5 Å². The second-order valence-electron chi connectivity index (χ2n) is 7.58. The van der Waals surface area contributed by atoms with Gasteiger partial charge < -0.3 is 18.9 Å². The number of rotatable bonds is 3. The Balaban J connectivity index is 0.00000225. The molecule has 6 nitrogen and oxygen atoms in total. The number of hydrogen-bond donors (Lipinski definition) is 0. The van der Waals surface area contributed by atoms with E-state index in [4.69, 9.17) is 18.9 Å². The van der Waals surface area contributed by atoms with Gasteiger partial charge in [0, 0.05) is 31.0 Å². The second-order valence-corrected chi connectivity index (χ2v) is 7.58. The third-order valence-electron chi connectivity index (χ3n) is 6.39. The van der Waals surface area contributed by atoms with E-state index in [9.17, 15) is 4.79 Å². The molecule has 0 amide bonds. The summed E-state index contributed by atoms with van der Waals surface area (Å²) in [6.07, 6.45) is 3.57. The van der Waals surface area contributed by atoms with Gasteiger partial charge in [0.2, 0.25) is 0 Å². The Morgan fingerprint density at radius 1 is 1.18 bits per heavy atom. The van der Waals surface area contributed by atoms with Crippen LogP contribution in [-0.2, 0) is 20.7 Å². The maximum absolute atomic E-state index is 12.3. The molecular weight excluding hydrogens is 382 g/mol. The zero-order valence-electron chi connectivity index (χ0n) is 16.8. The van der Waals surface area contributed by atoms with Crippen molar-refractivity contribution in [2.45, 2.75) is 31.9 Å². The first-order chi connectivity index (χ1) is 13.1. The fourth-order valence-electron chi connectivity index (χ4n) is 4.91. The molecule has 154 valence electrons. The highest BCUT2D eigenvalue weighted by Gasteiger charge is 2.46. The molecule has 3 aliphatic heterocycles. The molecule has 0 spiro atoms. The molecular formula is C21H28ClNO5. The van der Waals surface area contributed by atoms with Crippen molar-refractivity contribution in [1.82, 2.24) is 4.90 Å². The van der Waals surface area contributed by atoms with Crippen LogP contribution >= 0.6 is 12.4 Å². The molecule has 0 N–H and O–H groups in total. The Kier molecular flexibility index (Phi) is 6.10.